The van der Waals surface area contributed by atoms with Gasteiger partial charge in [0.1, 0.15) is 0 Å². The highest BCUT2D eigenvalue weighted by Gasteiger charge is 2.46. The van der Waals surface area contributed by atoms with Crippen molar-refractivity contribution < 1.29 is 8.42 Å². The Morgan fingerprint density at radius 2 is 2.00 bits per heavy atom. The maximum atomic E-state index is 12.1. The van der Waals surface area contributed by atoms with Crippen molar-refractivity contribution in [2.45, 2.75) is 49.7 Å². The molecule has 3 heterocycles. The summed E-state index contributed by atoms with van der Waals surface area (Å²) in [6.07, 6.45) is 5.38. The lowest BCUT2D eigenvalue weighted by molar-refractivity contribution is 0.0881. The van der Waals surface area contributed by atoms with Crippen molar-refractivity contribution in [3.05, 3.63) is 0 Å². The smallest absolute Gasteiger partial charge is 0.152 e. The Balaban J connectivity index is 1.82. The van der Waals surface area contributed by atoms with Crippen LogP contribution in [0, 0.1) is 0 Å². The van der Waals surface area contributed by atoms with E-state index in [2.05, 4.69) is 16.8 Å². The van der Waals surface area contributed by atoms with Crippen LogP contribution in [0.25, 0.3) is 0 Å². The summed E-state index contributed by atoms with van der Waals surface area (Å²) in [6, 6.07) is 1.26. The second-order valence-electron chi connectivity index (χ2n) is 6.91. The molecule has 0 aliphatic carbocycles. The van der Waals surface area contributed by atoms with E-state index >= 15 is 0 Å². The number of nitrogens with zero attached hydrogens (tertiary/aromatic N) is 2. The van der Waals surface area contributed by atoms with Crippen LogP contribution in [0.3, 0.4) is 0 Å². The van der Waals surface area contributed by atoms with Gasteiger partial charge in [-0.05, 0) is 39.2 Å². The SMILES string of the molecule is CN1C2CCC1CN(C1(CN)CCCS(=O)(=O)C1)CC2. The number of likely N-dealkylation sites (N-methyl/N-ethyl adjacent to an activating group) is 1. The molecule has 0 aromatic rings. The van der Waals surface area contributed by atoms with Gasteiger partial charge in [-0.1, -0.05) is 0 Å². The highest BCUT2D eigenvalue weighted by atomic mass is 32.2. The first-order valence-corrected chi connectivity index (χ1v) is 9.65. The summed E-state index contributed by atoms with van der Waals surface area (Å²) >= 11 is 0. The molecule has 0 aromatic heterocycles. The molecule has 3 saturated heterocycles. The summed E-state index contributed by atoms with van der Waals surface area (Å²) in [5, 5.41) is 0. The van der Waals surface area contributed by atoms with Gasteiger partial charge in [0, 0.05) is 37.3 Å². The zero-order chi connectivity index (χ0) is 14.4. The molecule has 0 spiro atoms. The normalized spacial score (nSPS) is 42.5. The Morgan fingerprint density at radius 1 is 1.25 bits per heavy atom. The number of sulfone groups is 1. The molecule has 0 saturated carbocycles. The minimum atomic E-state index is -2.93. The molecular weight excluding hydrogens is 274 g/mol. The average molecular weight is 301 g/mol. The van der Waals surface area contributed by atoms with Gasteiger partial charge in [-0.3, -0.25) is 9.80 Å². The van der Waals surface area contributed by atoms with Crippen molar-refractivity contribution in [2.24, 2.45) is 5.73 Å². The molecule has 0 amide bonds. The average Bonchev–Trinajstić information content (AvgIpc) is 2.61. The zero-order valence-electron chi connectivity index (χ0n) is 12.4. The summed E-state index contributed by atoms with van der Waals surface area (Å²) in [6.45, 7) is 2.45. The van der Waals surface area contributed by atoms with Gasteiger partial charge in [0.25, 0.3) is 0 Å². The standard InChI is InChI=1S/C14H27N3O2S/c1-16-12-3-4-13(16)9-17(7-5-12)14(10-15)6-2-8-20(18,19)11-14/h12-13H,2-11,15H2,1H3. The molecule has 3 atom stereocenters. The zero-order valence-corrected chi connectivity index (χ0v) is 13.2. The van der Waals surface area contributed by atoms with Gasteiger partial charge in [-0.2, -0.15) is 0 Å². The number of nitrogens with two attached hydrogens (primary N) is 1. The Morgan fingerprint density at radius 3 is 2.70 bits per heavy atom. The molecule has 2 bridgehead atoms. The van der Waals surface area contributed by atoms with Gasteiger partial charge >= 0.3 is 0 Å². The molecule has 3 rings (SSSR count). The minimum Gasteiger partial charge on any atom is -0.329 e. The van der Waals surface area contributed by atoms with Crippen molar-refractivity contribution in [1.82, 2.24) is 9.80 Å². The van der Waals surface area contributed by atoms with E-state index in [1.807, 2.05) is 0 Å². The molecule has 0 radical (unpaired) electrons. The molecule has 5 nitrogen and oxygen atoms in total. The first kappa shape index (κ1) is 14.8. The van der Waals surface area contributed by atoms with E-state index in [9.17, 15) is 8.42 Å². The summed E-state index contributed by atoms with van der Waals surface area (Å²) < 4.78 is 24.2. The van der Waals surface area contributed by atoms with Crippen LogP contribution >= 0.6 is 0 Å². The van der Waals surface area contributed by atoms with Gasteiger partial charge < -0.3 is 5.73 Å². The van der Waals surface area contributed by atoms with E-state index in [1.165, 1.54) is 12.8 Å². The molecule has 3 aliphatic rings. The minimum absolute atomic E-state index is 0.262. The topological polar surface area (TPSA) is 66.6 Å². The Kier molecular flexibility index (Phi) is 3.86. The van der Waals surface area contributed by atoms with Crippen LogP contribution in [0.15, 0.2) is 0 Å². The number of rotatable bonds is 2. The Bertz CT molecular complexity index is 467. The Hall–Kier alpha value is -0.170. The first-order chi connectivity index (χ1) is 9.46. The van der Waals surface area contributed by atoms with E-state index in [1.54, 1.807) is 0 Å². The third kappa shape index (κ3) is 2.51. The van der Waals surface area contributed by atoms with Crippen molar-refractivity contribution in [1.29, 1.82) is 0 Å². The van der Waals surface area contributed by atoms with Gasteiger partial charge in [0.2, 0.25) is 0 Å². The maximum Gasteiger partial charge on any atom is 0.152 e. The molecule has 6 heteroatoms. The molecular formula is C14H27N3O2S. The summed E-state index contributed by atoms with van der Waals surface area (Å²) in [5.41, 5.74) is 5.75. The largest absolute Gasteiger partial charge is 0.329 e. The number of hydrogen-bond acceptors (Lipinski definition) is 5. The molecule has 20 heavy (non-hydrogen) atoms. The third-order valence-electron chi connectivity index (χ3n) is 5.79. The fourth-order valence-electron chi connectivity index (χ4n) is 4.45. The quantitative estimate of drug-likeness (QED) is 0.781. The fraction of sp³-hybridized carbons (Fsp3) is 1.00. The van der Waals surface area contributed by atoms with Crippen molar-refractivity contribution in [2.75, 3.05) is 38.2 Å². The Labute approximate surface area is 122 Å². The predicted octanol–water partition coefficient (Wildman–Crippen LogP) is 0.0610. The highest BCUT2D eigenvalue weighted by molar-refractivity contribution is 7.91. The number of likely N-dealkylation sites (tertiary alicyclic amines) is 1. The first-order valence-electron chi connectivity index (χ1n) is 7.83. The predicted molar refractivity (Wildman–Crippen MR) is 80.4 cm³/mol. The molecule has 3 aliphatic heterocycles. The van der Waals surface area contributed by atoms with E-state index in [0.29, 0.717) is 24.4 Å². The molecule has 2 N–H and O–H groups in total. The summed E-state index contributed by atoms with van der Waals surface area (Å²) in [7, 11) is -0.705. The van der Waals surface area contributed by atoms with Crippen LogP contribution in [0.5, 0.6) is 0 Å². The van der Waals surface area contributed by atoms with Crippen LogP contribution < -0.4 is 5.73 Å². The highest BCUT2D eigenvalue weighted by Crippen LogP contribution is 2.35. The molecule has 3 unspecified atom stereocenters. The van der Waals surface area contributed by atoms with Gasteiger partial charge in [-0.25, -0.2) is 8.42 Å². The monoisotopic (exact) mass is 301 g/mol. The van der Waals surface area contributed by atoms with Crippen molar-refractivity contribution in [3.8, 4) is 0 Å². The second kappa shape index (κ2) is 5.23. The van der Waals surface area contributed by atoms with Crippen LogP contribution in [-0.2, 0) is 9.84 Å². The lowest BCUT2D eigenvalue weighted by Crippen LogP contribution is -2.61. The number of fused-ring (bicyclic) bond motifs is 2. The summed E-state index contributed by atoms with van der Waals surface area (Å²) in [4.78, 5) is 4.92. The van der Waals surface area contributed by atoms with Crippen LogP contribution in [0.2, 0.25) is 0 Å². The maximum absolute atomic E-state index is 12.1. The van der Waals surface area contributed by atoms with E-state index in [-0.39, 0.29) is 11.3 Å². The van der Waals surface area contributed by atoms with Gasteiger partial charge in [-0.15, -0.1) is 0 Å². The fourth-order valence-corrected chi connectivity index (χ4v) is 6.45. The van der Waals surface area contributed by atoms with Crippen LogP contribution in [0.4, 0.5) is 0 Å². The van der Waals surface area contributed by atoms with E-state index in [0.717, 1.165) is 32.4 Å². The lowest BCUT2D eigenvalue weighted by Gasteiger charge is -2.46. The molecule has 0 aromatic carbocycles. The number of hydrogen-bond donors (Lipinski definition) is 1. The summed E-state index contributed by atoms with van der Waals surface area (Å²) in [5.74, 6) is 0.603. The van der Waals surface area contributed by atoms with Crippen LogP contribution in [0.1, 0.15) is 32.1 Å². The van der Waals surface area contributed by atoms with Crippen LogP contribution in [-0.4, -0.2) is 74.0 Å². The van der Waals surface area contributed by atoms with E-state index in [4.69, 9.17) is 5.73 Å². The second-order valence-corrected chi connectivity index (χ2v) is 9.09. The molecule has 116 valence electrons. The van der Waals surface area contributed by atoms with Gasteiger partial charge in [0.05, 0.1) is 11.5 Å². The third-order valence-corrected chi connectivity index (χ3v) is 7.67. The molecule has 3 fully saturated rings. The van der Waals surface area contributed by atoms with Crippen molar-refractivity contribution in [3.63, 3.8) is 0 Å². The lowest BCUT2D eigenvalue weighted by atomic mass is 9.91. The van der Waals surface area contributed by atoms with Crippen molar-refractivity contribution >= 4 is 9.84 Å². The van der Waals surface area contributed by atoms with Gasteiger partial charge in [0.15, 0.2) is 9.84 Å². The van der Waals surface area contributed by atoms with E-state index < -0.39 is 9.84 Å².